The SMILES string of the molecule is COc1nc(C)cc(NC[C@@H]2C[C@H](OC)CN2c2cc(C)ncn2)n1. The zero-order valence-electron chi connectivity index (χ0n) is 15.1. The van der Waals surface area contributed by atoms with Crippen molar-refractivity contribution in [2.24, 2.45) is 0 Å². The fraction of sp³-hybridized carbons (Fsp3) is 0.529. The van der Waals surface area contributed by atoms with Gasteiger partial charge in [0.05, 0.1) is 19.3 Å². The van der Waals surface area contributed by atoms with E-state index in [0.29, 0.717) is 6.01 Å². The number of hydrogen-bond donors (Lipinski definition) is 1. The number of aromatic nitrogens is 4. The number of anilines is 2. The van der Waals surface area contributed by atoms with Crippen molar-refractivity contribution in [3.63, 3.8) is 0 Å². The van der Waals surface area contributed by atoms with Gasteiger partial charge in [0.15, 0.2) is 0 Å². The Bertz CT molecular complexity index is 726. The summed E-state index contributed by atoms with van der Waals surface area (Å²) < 4.78 is 10.7. The van der Waals surface area contributed by atoms with E-state index in [-0.39, 0.29) is 12.1 Å². The largest absolute Gasteiger partial charge is 0.467 e. The molecule has 8 nitrogen and oxygen atoms in total. The smallest absolute Gasteiger partial charge is 0.318 e. The lowest BCUT2D eigenvalue weighted by molar-refractivity contribution is 0.118. The summed E-state index contributed by atoms with van der Waals surface area (Å²) >= 11 is 0. The topological polar surface area (TPSA) is 85.3 Å². The monoisotopic (exact) mass is 344 g/mol. The molecule has 0 aromatic carbocycles. The molecular weight excluding hydrogens is 320 g/mol. The summed E-state index contributed by atoms with van der Waals surface area (Å²) in [7, 11) is 3.32. The molecule has 3 heterocycles. The van der Waals surface area contributed by atoms with Crippen LogP contribution in [-0.2, 0) is 4.74 Å². The lowest BCUT2D eigenvalue weighted by Crippen LogP contribution is -2.36. The first-order valence-electron chi connectivity index (χ1n) is 8.30. The van der Waals surface area contributed by atoms with E-state index in [1.165, 1.54) is 0 Å². The van der Waals surface area contributed by atoms with Crippen LogP contribution >= 0.6 is 0 Å². The Hall–Kier alpha value is -2.48. The van der Waals surface area contributed by atoms with Crippen LogP contribution in [0.5, 0.6) is 6.01 Å². The molecule has 25 heavy (non-hydrogen) atoms. The van der Waals surface area contributed by atoms with Crippen LogP contribution in [0.4, 0.5) is 11.6 Å². The molecule has 0 spiro atoms. The molecule has 3 rings (SSSR count). The van der Waals surface area contributed by atoms with Crippen LogP contribution in [0, 0.1) is 13.8 Å². The van der Waals surface area contributed by atoms with Crippen molar-refractivity contribution >= 4 is 11.6 Å². The fourth-order valence-electron chi connectivity index (χ4n) is 3.06. The van der Waals surface area contributed by atoms with Crippen molar-refractivity contribution in [3.05, 3.63) is 29.8 Å². The van der Waals surface area contributed by atoms with Crippen LogP contribution in [-0.4, -0.2) is 59.4 Å². The molecule has 0 unspecified atom stereocenters. The number of methoxy groups -OCH3 is 2. The molecule has 2 atom stereocenters. The molecule has 1 aliphatic rings. The van der Waals surface area contributed by atoms with Gasteiger partial charge in [-0.1, -0.05) is 0 Å². The van der Waals surface area contributed by atoms with E-state index in [0.717, 1.165) is 42.5 Å². The average Bonchev–Trinajstić information content (AvgIpc) is 3.03. The summed E-state index contributed by atoms with van der Waals surface area (Å²) in [5.74, 6) is 1.68. The van der Waals surface area contributed by atoms with Gasteiger partial charge in [0, 0.05) is 43.7 Å². The van der Waals surface area contributed by atoms with E-state index < -0.39 is 0 Å². The third-order valence-electron chi connectivity index (χ3n) is 4.33. The molecule has 1 N–H and O–H groups in total. The summed E-state index contributed by atoms with van der Waals surface area (Å²) in [4.78, 5) is 19.4. The molecular formula is C17H24N6O2. The highest BCUT2D eigenvalue weighted by Gasteiger charge is 2.33. The van der Waals surface area contributed by atoms with E-state index in [1.807, 2.05) is 26.0 Å². The first-order valence-corrected chi connectivity index (χ1v) is 8.30. The van der Waals surface area contributed by atoms with Crippen molar-refractivity contribution in [2.45, 2.75) is 32.4 Å². The Morgan fingerprint density at radius 3 is 2.72 bits per heavy atom. The first-order chi connectivity index (χ1) is 12.1. The normalized spacial score (nSPS) is 19.9. The zero-order valence-corrected chi connectivity index (χ0v) is 15.1. The lowest BCUT2D eigenvalue weighted by Gasteiger charge is -2.26. The predicted octanol–water partition coefficient (Wildman–Crippen LogP) is 1.60. The molecule has 0 aliphatic carbocycles. The third-order valence-corrected chi connectivity index (χ3v) is 4.33. The van der Waals surface area contributed by atoms with Crippen LogP contribution in [0.2, 0.25) is 0 Å². The number of nitrogens with zero attached hydrogens (tertiary/aromatic N) is 5. The number of rotatable bonds is 6. The molecule has 2 aromatic heterocycles. The molecule has 0 amide bonds. The van der Waals surface area contributed by atoms with Crippen LogP contribution in [0.1, 0.15) is 17.8 Å². The third kappa shape index (κ3) is 4.14. The molecule has 1 saturated heterocycles. The highest BCUT2D eigenvalue weighted by atomic mass is 16.5. The lowest BCUT2D eigenvalue weighted by atomic mass is 10.2. The van der Waals surface area contributed by atoms with Gasteiger partial charge in [0.1, 0.15) is 18.0 Å². The molecule has 8 heteroatoms. The van der Waals surface area contributed by atoms with Gasteiger partial charge in [-0.05, 0) is 20.3 Å². The Morgan fingerprint density at radius 2 is 2.00 bits per heavy atom. The number of nitrogens with one attached hydrogen (secondary N) is 1. The van der Waals surface area contributed by atoms with E-state index >= 15 is 0 Å². The van der Waals surface area contributed by atoms with Gasteiger partial charge in [-0.15, -0.1) is 0 Å². The molecule has 0 radical (unpaired) electrons. The molecule has 0 saturated carbocycles. The van der Waals surface area contributed by atoms with Gasteiger partial charge in [-0.25, -0.2) is 15.0 Å². The fourth-order valence-corrected chi connectivity index (χ4v) is 3.06. The summed E-state index contributed by atoms with van der Waals surface area (Å²) in [5, 5.41) is 3.39. The highest BCUT2D eigenvalue weighted by Crippen LogP contribution is 2.26. The Kier molecular flexibility index (Phi) is 5.28. The summed E-state index contributed by atoms with van der Waals surface area (Å²) in [6, 6.07) is 4.53. The first kappa shape index (κ1) is 17.3. The molecule has 1 aliphatic heterocycles. The number of hydrogen-bond acceptors (Lipinski definition) is 8. The van der Waals surface area contributed by atoms with Crippen LogP contribution in [0.15, 0.2) is 18.5 Å². The van der Waals surface area contributed by atoms with Gasteiger partial charge in [-0.3, -0.25) is 0 Å². The average molecular weight is 344 g/mol. The standard InChI is InChI=1S/C17H24N6O2/c1-11-6-16(20-10-19-11)23-9-14(24-3)7-13(23)8-18-15-5-12(2)21-17(22-15)25-4/h5-6,10,13-14H,7-9H2,1-4H3,(H,18,21,22)/t13-,14-/m0/s1. The molecule has 2 aromatic rings. The number of aryl methyl sites for hydroxylation is 2. The maximum absolute atomic E-state index is 5.57. The van der Waals surface area contributed by atoms with E-state index in [9.17, 15) is 0 Å². The minimum Gasteiger partial charge on any atom is -0.467 e. The quantitative estimate of drug-likeness (QED) is 0.846. The summed E-state index contributed by atoms with van der Waals surface area (Å²) in [5.41, 5.74) is 1.81. The second-order valence-corrected chi connectivity index (χ2v) is 6.18. The van der Waals surface area contributed by atoms with Crippen molar-refractivity contribution < 1.29 is 9.47 Å². The summed E-state index contributed by atoms with van der Waals surface area (Å²) in [6.07, 6.45) is 2.71. The Balaban J connectivity index is 1.74. The second-order valence-electron chi connectivity index (χ2n) is 6.18. The minimum atomic E-state index is 0.184. The van der Waals surface area contributed by atoms with Crippen molar-refractivity contribution in [2.75, 3.05) is 37.5 Å². The molecule has 1 fully saturated rings. The van der Waals surface area contributed by atoms with Gasteiger partial charge in [0.25, 0.3) is 0 Å². The van der Waals surface area contributed by atoms with Gasteiger partial charge in [-0.2, -0.15) is 4.98 Å². The zero-order chi connectivity index (χ0) is 17.8. The molecule has 0 bridgehead atoms. The van der Waals surface area contributed by atoms with Crippen LogP contribution in [0.3, 0.4) is 0 Å². The molecule has 134 valence electrons. The second kappa shape index (κ2) is 7.60. The van der Waals surface area contributed by atoms with Gasteiger partial charge >= 0.3 is 6.01 Å². The van der Waals surface area contributed by atoms with Gasteiger partial charge in [0.2, 0.25) is 0 Å². The van der Waals surface area contributed by atoms with Crippen molar-refractivity contribution in [3.8, 4) is 6.01 Å². The van der Waals surface area contributed by atoms with Crippen LogP contribution in [0.25, 0.3) is 0 Å². The van der Waals surface area contributed by atoms with Crippen molar-refractivity contribution in [1.82, 2.24) is 19.9 Å². The van der Waals surface area contributed by atoms with E-state index in [4.69, 9.17) is 9.47 Å². The van der Waals surface area contributed by atoms with Gasteiger partial charge < -0.3 is 19.7 Å². The maximum atomic E-state index is 5.57. The summed E-state index contributed by atoms with van der Waals surface area (Å²) in [6.45, 7) is 5.42. The maximum Gasteiger partial charge on any atom is 0.318 e. The van der Waals surface area contributed by atoms with E-state index in [2.05, 4.69) is 30.2 Å². The number of ether oxygens (including phenoxy) is 2. The van der Waals surface area contributed by atoms with Crippen molar-refractivity contribution in [1.29, 1.82) is 0 Å². The minimum absolute atomic E-state index is 0.184. The Labute approximate surface area is 147 Å². The van der Waals surface area contributed by atoms with Crippen LogP contribution < -0.4 is 15.0 Å². The highest BCUT2D eigenvalue weighted by molar-refractivity contribution is 5.44. The van der Waals surface area contributed by atoms with E-state index in [1.54, 1.807) is 20.5 Å². The Morgan fingerprint density at radius 1 is 1.16 bits per heavy atom. The predicted molar refractivity (Wildman–Crippen MR) is 95.1 cm³/mol.